The van der Waals surface area contributed by atoms with Crippen LogP contribution in [0.1, 0.15) is 16.8 Å². The number of hydrogen-bond donors (Lipinski definition) is 1. The number of aromatic nitrogens is 1. The summed E-state index contributed by atoms with van der Waals surface area (Å²) in [5, 5.41) is 1.27. The van der Waals surface area contributed by atoms with Crippen molar-refractivity contribution in [3.05, 3.63) is 35.8 Å². The molecule has 1 aromatic carbocycles. The number of carbonyl (C=O) groups is 1. The molecule has 2 rings (SSSR count). The number of benzene rings is 1. The fraction of sp³-hybridized carbons (Fsp3) is 0.182. The topological polar surface area (TPSA) is 32.9 Å². The average molecular weight is 270 g/mol. The molecule has 0 bridgehead atoms. The highest BCUT2D eigenvalue weighted by atomic mass is 79.9. The van der Waals surface area contributed by atoms with Crippen LogP contribution in [0.2, 0.25) is 0 Å². The molecule has 0 unspecified atom stereocenters. The molecule has 0 spiro atoms. The number of fused-ring (bicyclic) bond motifs is 1. The summed E-state index contributed by atoms with van der Waals surface area (Å²) in [6, 6.07) is 4.39. The lowest BCUT2D eigenvalue weighted by atomic mass is 10.1. The standard InChI is InChI=1S/C11H9BrFNO/c12-4-3-11(15)9-6-14-10-2-1-7(13)5-8(9)10/h1-2,5-6,14H,3-4H2. The third kappa shape index (κ3) is 1.95. The van der Waals surface area contributed by atoms with E-state index >= 15 is 0 Å². The van der Waals surface area contributed by atoms with Gasteiger partial charge >= 0.3 is 0 Å². The fourth-order valence-corrected chi connectivity index (χ4v) is 1.90. The van der Waals surface area contributed by atoms with Crippen LogP contribution in [0.4, 0.5) is 4.39 Å². The van der Waals surface area contributed by atoms with Crippen LogP contribution >= 0.6 is 15.9 Å². The SMILES string of the molecule is O=C(CCBr)c1c[nH]c2ccc(F)cc12. The number of nitrogens with one attached hydrogen (secondary N) is 1. The molecule has 0 radical (unpaired) electrons. The van der Waals surface area contributed by atoms with Crippen LogP contribution in [-0.2, 0) is 0 Å². The van der Waals surface area contributed by atoms with E-state index < -0.39 is 0 Å². The van der Waals surface area contributed by atoms with Gasteiger partial charge in [-0.3, -0.25) is 4.79 Å². The predicted octanol–water partition coefficient (Wildman–Crippen LogP) is 3.27. The summed E-state index contributed by atoms with van der Waals surface area (Å²) in [7, 11) is 0. The molecule has 2 aromatic rings. The highest BCUT2D eigenvalue weighted by molar-refractivity contribution is 9.09. The van der Waals surface area contributed by atoms with Crippen molar-refractivity contribution in [3.63, 3.8) is 0 Å². The molecule has 0 aliphatic heterocycles. The predicted molar refractivity (Wildman–Crippen MR) is 61.0 cm³/mol. The van der Waals surface area contributed by atoms with Gasteiger partial charge < -0.3 is 4.98 Å². The second-order valence-electron chi connectivity index (χ2n) is 3.25. The molecule has 0 amide bonds. The highest BCUT2D eigenvalue weighted by Crippen LogP contribution is 2.20. The zero-order valence-corrected chi connectivity index (χ0v) is 9.47. The van der Waals surface area contributed by atoms with Gasteiger partial charge in [-0.05, 0) is 18.2 Å². The molecule has 0 atom stereocenters. The molecule has 0 saturated carbocycles. The fourth-order valence-electron chi connectivity index (χ4n) is 1.54. The smallest absolute Gasteiger partial charge is 0.165 e. The summed E-state index contributed by atoms with van der Waals surface area (Å²) < 4.78 is 13.0. The van der Waals surface area contributed by atoms with E-state index in [4.69, 9.17) is 0 Å². The second-order valence-corrected chi connectivity index (χ2v) is 4.05. The first kappa shape index (κ1) is 10.4. The molecule has 0 fully saturated rings. The lowest BCUT2D eigenvalue weighted by Gasteiger charge is -1.96. The largest absolute Gasteiger partial charge is 0.360 e. The van der Waals surface area contributed by atoms with Crippen LogP contribution in [-0.4, -0.2) is 16.1 Å². The minimum absolute atomic E-state index is 0.0173. The summed E-state index contributed by atoms with van der Waals surface area (Å²) in [5.74, 6) is -0.307. The Kier molecular flexibility index (Phi) is 2.86. The molecule has 0 aliphatic carbocycles. The average Bonchev–Trinajstić information content (AvgIpc) is 2.60. The molecule has 15 heavy (non-hydrogen) atoms. The van der Waals surface area contributed by atoms with Crippen LogP contribution in [0.15, 0.2) is 24.4 Å². The number of hydrogen-bond acceptors (Lipinski definition) is 1. The summed E-state index contributed by atoms with van der Waals surface area (Å²) in [6.45, 7) is 0. The number of H-pyrrole nitrogens is 1. The van der Waals surface area contributed by atoms with Gasteiger partial charge in [0.15, 0.2) is 5.78 Å². The molecular weight excluding hydrogens is 261 g/mol. The van der Waals surface area contributed by atoms with Crippen molar-refractivity contribution in [2.24, 2.45) is 0 Å². The van der Waals surface area contributed by atoms with Crippen molar-refractivity contribution >= 4 is 32.6 Å². The normalized spacial score (nSPS) is 10.8. The summed E-state index contributed by atoms with van der Waals surface area (Å²) in [4.78, 5) is 14.6. The maximum absolute atomic E-state index is 13.0. The van der Waals surface area contributed by atoms with Crippen LogP contribution < -0.4 is 0 Å². The van der Waals surface area contributed by atoms with E-state index in [2.05, 4.69) is 20.9 Å². The third-order valence-corrected chi connectivity index (χ3v) is 2.66. The van der Waals surface area contributed by atoms with Gasteiger partial charge in [0.05, 0.1) is 0 Å². The molecule has 4 heteroatoms. The third-order valence-electron chi connectivity index (χ3n) is 2.27. The lowest BCUT2D eigenvalue weighted by molar-refractivity contribution is 0.0991. The van der Waals surface area contributed by atoms with Crippen LogP contribution in [0.3, 0.4) is 0 Å². The molecule has 0 saturated heterocycles. The number of carbonyl (C=O) groups excluding carboxylic acids is 1. The van der Waals surface area contributed by atoms with Gasteiger partial charge in [0.2, 0.25) is 0 Å². The Morgan fingerprint density at radius 1 is 1.47 bits per heavy atom. The van der Waals surface area contributed by atoms with Crippen LogP contribution in [0.25, 0.3) is 10.9 Å². The molecule has 1 N–H and O–H groups in total. The molecule has 1 aromatic heterocycles. The number of aromatic amines is 1. The lowest BCUT2D eigenvalue weighted by Crippen LogP contribution is -1.98. The van der Waals surface area contributed by atoms with E-state index in [1.54, 1.807) is 12.3 Å². The quantitative estimate of drug-likeness (QED) is 0.673. The maximum atomic E-state index is 13.0. The molecule has 1 heterocycles. The molecule has 2 nitrogen and oxygen atoms in total. The second kappa shape index (κ2) is 4.14. The Balaban J connectivity index is 2.52. The monoisotopic (exact) mass is 269 g/mol. The Morgan fingerprint density at radius 2 is 2.27 bits per heavy atom. The number of halogens is 2. The van der Waals surface area contributed by atoms with Crippen molar-refractivity contribution in [2.75, 3.05) is 5.33 Å². The van der Waals surface area contributed by atoms with E-state index in [0.717, 1.165) is 5.52 Å². The Labute approximate surface area is 94.6 Å². The number of ketones is 1. The molecule has 78 valence electrons. The van der Waals surface area contributed by atoms with Gasteiger partial charge in [-0.1, -0.05) is 15.9 Å². The first-order valence-electron chi connectivity index (χ1n) is 4.58. The summed E-state index contributed by atoms with van der Waals surface area (Å²) in [6.07, 6.45) is 2.05. The number of Topliss-reactive ketones (excluding diaryl/α,β-unsaturated/α-hetero) is 1. The Hall–Kier alpha value is -1.16. The van der Waals surface area contributed by atoms with Crippen molar-refractivity contribution in [1.82, 2.24) is 4.98 Å². The van der Waals surface area contributed by atoms with E-state index in [0.29, 0.717) is 22.7 Å². The first-order chi connectivity index (χ1) is 7.22. The van der Waals surface area contributed by atoms with Gasteiger partial charge in [0.1, 0.15) is 5.82 Å². The first-order valence-corrected chi connectivity index (χ1v) is 5.70. The van der Waals surface area contributed by atoms with E-state index in [1.165, 1.54) is 12.1 Å². The summed E-state index contributed by atoms with van der Waals surface area (Å²) in [5.41, 5.74) is 1.35. The van der Waals surface area contributed by atoms with Gasteiger partial charge in [0, 0.05) is 34.4 Å². The number of rotatable bonds is 3. The van der Waals surface area contributed by atoms with E-state index in [1.807, 2.05) is 0 Å². The minimum atomic E-state index is -0.324. The minimum Gasteiger partial charge on any atom is -0.360 e. The zero-order chi connectivity index (χ0) is 10.8. The Bertz CT molecular complexity index is 506. The number of alkyl halides is 1. The van der Waals surface area contributed by atoms with Gasteiger partial charge in [-0.2, -0.15) is 0 Å². The van der Waals surface area contributed by atoms with E-state index in [9.17, 15) is 9.18 Å². The maximum Gasteiger partial charge on any atom is 0.165 e. The van der Waals surface area contributed by atoms with Crippen molar-refractivity contribution in [2.45, 2.75) is 6.42 Å². The van der Waals surface area contributed by atoms with Crippen molar-refractivity contribution in [1.29, 1.82) is 0 Å². The Morgan fingerprint density at radius 3 is 3.00 bits per heavy atom. The molecule has 0 aliphatic rings. The van der Waals surface area contributed by atoms with Crippen molar-refractivity contribution in [3.8, 4) is 0 Å². The van der Waals surface area contributed by atoms with Crippen molar-refractivity contribution < 1.29 is 9.18 Å². The van der Waals surface area contributed by atoms with Gasteiger partial charge in [0.25, 0.3) is 0 Å². The van der Waals surface area contributed by atoms with Gasteiger partial charge in [-0.15, -0.1) is 0 Å². The van der Waals surface area contributed by atoms with E-state index in [-0.39, 0.29) is 11.6 Å². The highest BCUT2D eigenvalue weighted by Gasteiger charge is 2.11. The van der Waals surface area contributed by atoms with Gasteiger partial charge in [-0.25, -0.2) is 4.39 Å². The van der Waals surface area contributed by atoms with Crippen LogP contribution in [0, 0.1) is 5.82 Å². The molecular formula is C11H9BrFNO. The summed E-state index contributed by atoms with van der Waals surface area (Å²) >= 11 is 3.21. The van der Waals surface area contributed by atoms with Crippen LogP contribution in [0.5, 0.6) is 0 Å². The zero-order valence-electron chi connectivity index (χ0n) is 7.89.